The number of nitrogens with zero attached hydrogens (tertiary/aromatic N) is 2. The molecule has 0 bridgehead atoms. The van der Waals surface area contributed by atoms with E-state index in [0.717, 1.165) is 16.4 Å². The molecule has 1 aliphatic heterocycles. The van der Waals surface area contributed by atoms with Gasteiger partial charge in [0.2, 0.25) is 10.0 Å². The Kier molecular flexibility index (Phi) is 4.98. The van der Waals surface area contributed by atoms with Crippen LogP contribution < -0.4 is 0 Å². The summed E-state index contributed by atoms with van der Waals surface area (Å²) in [6.45, 7) is 2.26. The van der Waals surface area contributed by atoms with Gasteiger partial charge in [0, 0.05) is 12.6 Å². The minimum absolute atomic E-state index is 0.0855. The predicted molar refractivity (Wildman–Crippen MR) is 74.9 cm³/mol. The van der Waals surface area contributed by atoms with Gasteiger partial charge in [-0.05, 0) is 24.6 Å². The van der Waals surface area contributed by atoms with Crippen molar-refractivity contribution in [3.05, 3.63) is 29.3 Å². The molecule has 1 atom stereocenters. The van der Waals surface area contributed by atoms with Crippen LogP contribution in [0.5, 0.6) is 0 Å². The van der Waals surface area contributed by atoms with Gasteiger partial charge in [0.05, 0.1) is 35.3 Å². The van der Waals surface area contributed by atoms with Crippen LogP contribution in [0, 0.1) is 11.3 Å². The van der Waals surface area contributed by atoms with Gasteiger partial charge in [0.15, 0.2) is 0 Å². The molecule has 1 saturated heterocycles. The van der Waals surface area contributed by atoms with Crippen molar-refractivity contribution in [2.24, 2.45) is 0 Å². The molecule has 1 fully saturated rings. The lowest BCUT2D eigenvalue weighted by Crippen LogP contribution is -2.48. The summed E-state index contributed by atoms with van der Waals surface area (Å²) < 4.78 is 70.7. The summed E-state index contributed by atoms with van der Waals surface area (Å²) in [5.41, 5.74) is -1.85. The number of hydrogen-bond donors (Lipinski definition) is 0. The molecule has 5 nitrogen and oxygen atoms in total. The van der Waals surface area contributed by atoms with Gasteiger partial charge < -0.3 is 4.74 Å². The number of alkyl halides is 3. The maximum Gasteiger partial charge on any atom is 0.417 e. The SMILES string of the molecule is CC[C@H]1COCCN1S(=O)(=O)c1ccc(C#N)c(C(F)(F)F)c1. The molecule has 0 radical (unpaired) electrons. The van der Waals surface area contributed by atoms with E-state index in [1.807, 2.05) is 0 Å². The van der Waals surface area contributed by atoms with Crippen molar-refractivity contribution in [3.63, 3.8) is 0 Å². The Bertz CT molecular complexity index is 726. The second-order valence-electron chi connectivity index (χ2n) is 5.07. The van der Waals surface area contributed by atoms with Gasteiger partial charge in [-0.15, -0.1) is 0 Å². The maximum atomic E-state index is 13.0. The Labute approximate surface area is 132 Å². The number of benzene rings is 1. The largest absolute Gasteiger partial charge is 0.417 e. The molecule has 0 spiro atoms. The highest BCUT2D eigenvalue weighted by molar-refractivity contribution is 7.89. The Hall–Kier alpha value is -1.63. The summed E-state index contributed by atoms with van der Waals surface area (Å²) in [5, 5.41) is 8.78. The summed E-state index contributed by atoms with van der Waals surface area (Å²) >= 11 is 0. The molecule has 1 aliphatic rings. The third kappa shape index (κ3) is 3.49. The lowest BCUT2D eigenvalue weighted by molar-refractivity contribution is -0.137. The number of sulfonamides is 1. The van der Waals surface area contributed by atoms with E-state index >= 15 is 0 Å². The second-order valence-corrected chi connectivity index (χ2v) is 6.96. The lowest BCUT2D eigenvalue weighted by atomic mass is 10.1. The number of ether oxygens (including phenoxy) is 1. The van der Waals surface area contributed by atoms with Crippen molar-refractivity contribution < 1.29 is 26.3 Å². The van der Waals surface area contributed by atoms with Gasteiger partial charge >= 0.3 is 6.18 Å². The maximum absolute atomic E-state index is 13.0. The Morgan fingerprint density at radius 2 is 2.13 bits per heavy atom. The fourth-order valence-corrected chi connectivity index (χ4v) is 4.12. The van der Waals surface area contributed by atoms with Crippen LogP contribution >= 0.6 is 0 Å². The fraction of sp³-hybridized carbons (Fsp3) is 0.500. The van der Waals surface area contributed by atoms with E-state index in [9.17, 15) is 21.6 Å². The van der Waals surface area contributed by atoms with E-state index in [2.05, 4.69) is 0 Å². The minimum Gasteiger partial charge on any atom is -0.378 e. The minimum atomic E-state index is -4.80. The van der Waals surface area contributed by atoms with Gasteiger partial charge in [-0.25, -0.2) is 8.42 Å². The van der Waals surface area contributed by atoms with Crippen molar-refractivity contribution in [2.75, 3.05) is 19.8 Å². The molecule has 0 amide bonds. The van der Waals surface area contributed by atoms with Crippen LogP contribution in [0.25, 0.3) is 0 Å². The Morgan fingerprint density at radius 1 is 1.43 bits per heavy atom. The van der Waals surface area contributed by atoms with Crippen molar-refractivity contribution in [1.82, 2.24) is 4.31 Å². The first-order valence-corrected chi connectivity index (χ1v) is 8.36. The van der Waals surface area contributed by atoms with Crippen LogP contribution in [0.15, 0.2) is 23.1 Å². The number of hydrogen-bond acceptors (Lipinski definition) is 4. The molecule has 1 heterocycles. The van der Waals surface area contributed by atoms with Crippen LogP contribution in [-0.2, 0) is 20.9 Å². The van der Waals surface area contributed by atoms with Gasteiger partial charge in [-0.2, -0.15) is 22.7 Å². The Balaban J connectivity index is 2.50. The van der Waals surface area contributed by atoms with Crippen molar-refractivity contribution in [3.8, 4) is 6.07 Å². The van der Waals surface area contributed by atoms with Crippen molar-refractivity contribution in [2.45, 2.75) is 30.5 Å². The molecule has 9 heteroatoms. The van der Waals surface area contributed by atoms with E-state index < -0.39 is 38.3 Å². The summed E-state index contributed by atoms with van der Waals surface area (Å²) in [6.07, 6.45) is -4.31. The number of nitriles is 1. The molecular weight excluding hydrogens is 333 g/mol. The molecule has 0 saturated carbocycles. The summed E-state index contributed by atoms with van der Waals surface area (Å²) in [5.74, 6) is 0. The normalized spacial score (nSPS) is 20.2. The van der Waals surface area contributed by atoms with E-state index in [4.69, 9.17) is 10.00 Å². The topological polar surface area (TPSA) is 70.4 Å². The molecule has 23 heavy (non-hydrogen) atoms. The molecular formula is C14H15F3N2O3S. The molecule has 0 aliphatic carbocycles. The molecule has 1 aromatic carbocycles. The molecule has 126 valence electrons. The van der Waals surface area contributed by atoms with Gasteiger partial charge in [0.25, 0.3) is 0 Å². The third-order valence-corrected chi connectivity index (χ3v) is 5.62. The number of morpholine rings is 1. The fourth-order valence-electron chi connectivity index (χ4n) is 2.43. The predicted octanol–water partition coefficient (Wildman–Crippen LogP) is 2.38. The van der Waals surface area contributed by atoms with Gasteiger partial charge in [-0.1, -0.05) is 6.92 Å². The standard InChI is InChI=1S/C14H15F3N2O3S/c1-2-11-9-22-6-5-19(11)23(20,21)12-4-3-10(8-18)13(7-12)14(15,16)17/h3-4,7,11H,2,5-6,9H2,1H3/t11-/m0/s1. The summed E-state index contributed by atoms with van der Waals surface area (Å²) in [6, 6.07) is 3.46. The van der Waals surface area contributed by atoms with Crippen LogP contribution in [0.2, 0.25) is 0 Å². The van der Waals surface area contributed by atoms with Gasteiger partial charge in [-0.3, -0.25) is 0 Å². The second kappa shape index (κ2) is 6.47. The van der Waals surface area contributed by atoms with E-state index in [1.165, 1.54) is 6.07 Å². The lowest BCUT2D eigenvalue weighted by Gasteiger charge is -2.34. The van der Waals surface area contributed by atoms with Crippen LogP contribution in [0.1, 0.15) is 24.5 Å². The molecule has 1 aromatic rings. The molecule has 0 aromatic heterocycles. The first kappa shape index (κ1) is 17.7. The average Bonchev–Trinajstić information content (AvgIpc) is 2.53. The van der Waals surface area contributed by atoms with Crippen molar-refractivity contribution in [1.29, 1.82) is 5.26 Å². The number of halogens is 3. The van der Waals surface area contributed by atoms with Crippen LogP contribution in [0.3, 0.4) is 0 Å². The van der Waals surface area contributed by atoms with E-state index in [0.29, 0.717) is 12.5 Å². The Morgan fingerprint density at radius 3 is 2.70 bits per heavy atom. The van der Waals surface area contributed by atoms with Crippen molar-refractivity contribution >= 4 is 10.0 Å². The summed E-state index contributed by atoms with van der Waals surface area (Å²) in [7, 11) is -4.09. The molecule has 0 unspecified atom stereocenters. The first-order valence-electron chi connectivity index (χ1n) is 6.92. The third-order valence-electron chi connectivity index (χ3n) is 3.67. The van der Waals surface area contributed by atoms with Crippen LogP contribution in [0.4, 0.5) is 13.2 Å². The van der Waals surface area contributed by atoms with Crippen LogP contribution in [-0.4, -0.2) is 38.5 Å². The zero-order valence-electron chi connectivity index (χ0n) is 12.3. The molecule has 2 rings (SSSR count). The highest BCUT2D eigenvalue weighted by Gasteiger charge is 2.37. The first-order chi connectivity index (χ1) is 10.7. The molecule has 0 N–H and O–H groups in total. The van der Waals surface area contributed by atoms with Gasteiger partial charge in [0.1, 0.15) is 0 Å². The summed E-state index contributed by atoms with van der Waals surface area (Å²) in [4.78, 5) is -0.468. The zero-order chi connectivity index (χ0) is 17.3. The monoisotopic (exact) mass is 348 g/mol. The highest BCUT2D eigenvalue weighted by Crippen LogP contribution is 2.34. The smallest absolute Gasteiger partial charge is 0.378 e. The highest BCUT2D eigenvalue weighted by atomic mass is 32.2. The average molecular weight is 348 g/mol. The van der Waals surface area contributed by atoms with E-state index in [1.54, 1.807) is 6.92 Å². The number of rotatable bonds is 3. The zero-order valence-corrected chi connectivity index (χ0v) is 13.1. The quantitative estimate of drug-likeness (QED) is 0.841. The van der Waals surface area contributed by atoms with E-state index in [-0.39, 0.29) is 19.8 Å².